The highest BCUT2D eigenvalue weighted by Crippen LogP contribution is 2.39. The monoisotopic (exact) mass is 500 g/mol. The largest absolute Gasteiger partial charge is 0.497 e. The standard InChI is InChI=1S/C25H22Cl2N2O5/c1-14-5-3-8-18-22(14)25(33)29(24(18)32)28(23(31)16-9-10-19(26)20(27)12-16)13-21(30)15-6-4-7-17(11-15)34-2/h3-7,9-12,14,18,22H,8,13H2,1-2H3/t14-,18+,22+/m0/s1. The molecule has 2 aliphatic rings. The van der Waals surface area contributed by atoms with Crippen molar-refractivity contribution in [3.8, 4) is 5.75 Å². The Morgan fingerprint density at radius 2 is 1.82 bits per heavy atom. The van der Waals surface area contributed by atoms with Crippen LogP contribution in [-0.2, 0) is 9.59 Å². The van der Waals surface area contributed by atoms with Crippen molar-refractivity contribution in [2.45, 2.75) is 13.3 Å². The molecule has 2 aromatic rings. The lowest BCUT2D eigenvalue weighted by Crippen LogP contribution is -2.52. The molecule has 0 saturated carbocycles. The number of amides is 3. The Morgan fingerprint density at radius 1 is 1.06 bits per heavy atom. The van der Waals surface area contributed by atoms with E-state index in [2.05, 4.69) is 0 Å². The number of ether oxygens (including phenoxy) is 1. The van der Waals surface area contributed by atoms with E-state index < -0.39 is 41.9 Å². The molecule has 34 heavy (non-hydrogen) atoms. The van der Waals surface area contributed by atoms with Crippen molar-refractivity contribution >= 4 is 46.7 Å². The van der Waals surface area contributed by atoms with Crippen LogP contribution in [0.3, 0.4) is 0 Å². The molecular weight excluding hydrogens is 479 g/mol. The first-order valence-electron chi connectivity index (χ1n) is 10.7. The Balaban J connectivity index is 1.72. The molecule has 0 aromatic heterocycles. The molecule has 0 radical (unpaired) electrons. The van der Waals surface area contributed by atoms with Gasteiger partial charge in [0.15, 0.2) is 5.78 Å². The normalized spacial score (nSPS) is 21.4. The fraction of sp³-hybridized carbons (Fsp3) is 0.280. The number of hydrazine groups is 1. The van der Waals surface area contributed by atoms with Crippen molar-refractivity contribution in [1.82, 2.24) is 10.0 Å². The van der Waals surface area contributed by atoms with Crippen molar-refractivity contribution in [3.63, 3.8) is 0 Å². The molecule has 9 heteroatoms. The van der Waals surface area contributed by atoms with Crippen LogP contribution in [0.5, 0.6) is 5.75 Å². The molecule has 4 rings (SSSR count). The van der Waals surface area contributed by atoms with Gasteiger partial charge >= 0.3 is 0 Å². The highest BCUT2D eigenvalue weighted by atomic mass is 35.5. The number of carbonyl (C=O) groups excluding carboxylic acids is 4. The van der Waals surface area contributed by atoms with Gasteiger partial charge in [-0.25, -0.2) is 5.01 Å². The second-order valence-electron chi connectivity index (χ2n) is 8.29. The Bertz CT molecular complexity index is 1210. The van der Waals surface area contributed by atoms with Crippen LogP contribution < -0.4 is 4.74 Å². The molecule has 2 aromatic carbocycles. The Morgan fingerprint density at radius 3 is 2.50 bits per heavy atom. The summed E-state index contributed by atoms with van der Waals surface area (Å²) in [6.45, 7) is 1.33. The van der Waals surface area contributed by atoms with Crippen molar-refractivity contribution in [3.05, 3.63) is 75.8 Å². The molecule has 3 atom stereocenters. The topological polar surface area (TPSA) is 84.0 Å². The van der Waals surface area contributed by atoms with E-state index >= 15 is 0 Å². The quantitative estimate of drug-likeness (QED) is 0.332. The first kappa shape index (κ1) is 24.0. The number of ketones is 1. The van der Waals surface area contributed by atoms with Crippen molar-refractivity contribution in [2.75, 3.05) is 13.7 Å². The predicted octanol–water partition coefficient (Wildman–Crippen LogP) is 4.44. The third kappa shape index (κ3) is 4.33. The van der Waals surface area contributed by atoms with E-state index in [1.54, 1.807) is 18.2 Å². The number of nitrogens with zero attached hydrogens (tertiary/aromatic N) is 2. The number of fused-ring (bicyclic) bond motifs is 1. The highest BCUT2D eigenvalue weighted by molar-refractivity contribution is 6.42. The third-order valence-corrected chi connectivity index (χ3v) is 6.92. The maximum absolute atomic E-state index is 13.5. The summed E-state index contributed by atoms with van der Waals surface area (Å²) in [6.07, 6.45) is 4.16. The molecule has 1 fully saturated rings. The van der Waals surface area contributed by atoms with Crippen LogP contribution in [0.2, 0.25) is 10.0 Å². The van der Waals surface area contributed by atoms with E-state index in [0.717, 1.165) is 10.0 Å². The van der Waals surface area contributed by atoms with Crippen LogP contribution in [-0.4, -0.2) is 47.2 Å². The summed E-state index contributed by atoms with van der Waals surface area (Å²) in [7, 11) is 1.47. The second-order valence-corrected chi connectivity index (χ2v) is 9.10. The van der Waals surface area contributed by atoms with Crippen molar-refractivity contribution in [1.29, 1.82) is 0 Å². The highest BCUT2D eigenvalue weighted by Gasteiger charge is 2.53. The fourth-order valence-corrected chi connectivity index (χ4v) is 4.70. The van der Waals surface area contributed by atoms with Gasteiger partial charge in [-0.05, 0) is 42.7 Å². The zero-order valence-corrected chi connectivity index (χ0v) is 20.0. The second kappa shape index (κ2) is 9.60. The fourth-order valence-electron chi connectivity index (χ4n) is 4.40. The number of hydrogen-bond donors (Lipinski definition) is 0. The lowest BCUT2D eigenvalue weighted by molar-refractivity contribution is -0.154. The lowest BCUT2D eigenvalue weighted by atomic mass is 9.78. The van der Waals surface area contributed by atoms with Gasteiger partial charge in [-0.1, -0.05) is 54.4 Å². The van der Waals surface area contributed by atoms with Crippen LogP contribution in [0.4, 0.5) is 0 Å². The van der Waals surface area contributed by atoms with E-state index in [1.807, 2.05) is 19.1 Å². The summed E-state index contributed by atoms with van der Waals surface area (Å²) in [5.41, 5.74) is 0.368. The molecule has 0 N–H and O–H groups in total. The number of imide groups is 1. The minimum Gasteiger partial charge on any atom is -0.497 e. The number of halogens is 2. The number of hydrogen-bond acceptors (Lipinski definition) is 5. The summed E-state index contributed by atoms with van der Waals surface area (Å²) < 4.78 is 5.18. The van der Waals surface area contributed by atoms with E-state index in [9.17, 15) is 19.2 Å². The van der Waals surface area contributed by atoms with E-state index in [0.29, 0.717) is 12.2 Å². The Kier molecular flexibility index (Phi) is 6.77. The smallest absolute Gasteiger partial charge is 0.273 e. The maximum atomic E-state index is 13.5. The minimum absolute atomic E-state index is 0.0921. The van der Waals surface area contributed by atoms with E-state index in [1.165, 1.54) is 31.4 Å². The van der Waals surface area contributed by atoms with Crippen molar-refractivity contribution in [2.24, 2.45) is 17.8 Å². The lowest BCUT2D eigenvalue weighted by Gasteiger charge is -2.30. The molecule has 7 nitrogen and oxygen atoms in total. The van der Waals surface area contributed by atoms with Gasteiger partial charge in [0.05, 0.1) is 29.0 Å². The molecule has 1 saturated heterocycles. The first-order chi connectivity index (χ1) is 16.2. The van der Waals surface area contributed by atoms with Gasteiger partial charge in [0.1, 0.15) is 12.3 Å². The molecule has 1 heterocycles. The van der Waals surface area contributed by atoms with Crippen LogP contribution in [0.15, 0.2) is 54.6 Å². The summed E-state index contributed by atoms with van der Waals surface area (Å²) in [6, 6.07) is 10.7. The van der Waals surface area contributed by atoms with Gasteiger partial charge in [-0.3, -0.25) is 19.2 Å². The minimum atomic E-state index is -0.712. The molecule has 3 amide bonds. The van der Waals surface area contributed by atoms with Crippen molar-refractivity contribution < 1.29 is 23.9 Å². The molecule has 0 bridgehead atoms. The first-order valence-corrected chi connectivity index (χ1v) is 11.5. The van der Waals surface area contributed by atoms with Crippen LogP contribution >= 0.6 is 23.2 Å². The van der Waals surface area contributed by atoms with Gasteiger partial charge in [0.2, 0.25) is 0 Å². The number of Topliss-reactive ketones (excluding diaryl/α,β-unsaturated/α-hetero) is 1. The summed E-state index contributed by atoms with van der Waals surface area (Å²) in [5, 5.41) is 2.13. The van der Waals surface area contributed by atoms with Gasteiger partial charge < -0.3 is 4.74 Å². The van der Waals surface area contributed by atoms with Gasteiger partial charge in [-0.15, -0.1) is 0 Å². The molecule has 1 aliphatic heterocycles. The summed E-state index contributed by atoms with van der Waals surface area (Å²) in [5.74, 6) is -3.05. The number of methoxy groups -OCH3 is 1. The molecular formula is C25H22Cl2N2O5. The number of benzene rings is 2. The average molecular weight is 501 g/mol. The van der Waals surface area contributed by atoms with Crippen LogP contribution in [0.25, 0.3) is 0 Å². The maximum Gasteiger partial charge on any atom is 0.273 e. The number of rotatable bonds is 6. The Labute approximate surface area is 206 Å². The van der Waals surface area contributed by atoms with E-state index in [4.69, 9.17) is 27.9 Å². The molecule has 0 unspecified atom stereocenters. The average Bonchev–Trinajstić information content (AvgIpc) is 3.09. The summed E-state index contributed by atoms with van der Waals surface area (Å²) >= 11 is 12.1. The number of carbonyl (C=O) groups is 4. The Hall–Kier alpha value is -3.16. The predicted molar refractivity (Wildman–Crippen MR) is 127 cm³/mol. The summed E-state index contributed by atoms with van der Waals surface area (Å²) in [4.78, 5) is 53.4. The zero-order valence-electron chi connectivity index (χ0n) is 18.5. The SMILES string of the molecule is COc1cccc(C(=O)CN(C(=O)c2ccc(Cl)c(Cl)c2)N2C(=O)[C@@H]3[C@@H](C)C=CC[C@H]3C2=O)c1. The van der Waals surface area contributed by atoms with Gasteiger partial charge in [0, 0.05) is 11.1 Å². The zero-order chi connectivity index (χ0) is 24.6. The number of allylic oxidation sites excluding steroid dienone is 2. The van der Waals surface area contributed by atoms with Crippen LogP contribution in [0.1, 0.15) is 34.1 Å². The molecule has 176 valence electrons. The molecule has 1 aliphatic carbocycles. The third-order valence-electron chi connectivity index (χ3n) is 6.18. The molecule has 0 spiro atoms. The van der Waals surface area contributed by atoms with E-state index in [-0.39, 0.29) is 27.1 Å². The van der Waals surface area contributed by atoms with Crippen LogP contribution in [0, 0.1) is 17.8 Å². The van der Waals surface area contributed by atoms with Gasteiger partial charge in [-0.2, -0.15) is 5.01 Å². The van der Waals surface area contributed by atoms with Gasteiger partial charge in [0.25, 0.3) is 17.7 Å².